The highest BCUT2D eigenvalue weighted by atomic mass is 35.5. The number of rotatable bonds is 6. The van der Waals surface area contributed by atoms with Gasteiger partial charge in [0.1, 0.15) is 16.5 Å². The fraction of sp³-hybridized carbons (Fsp3) is 0.150. The average Bonchev–Trinajstić information content (AvgIpc) is 3.15. The van der Waals surface area contributed by atoms with Gasteiger partial charge in [-0.05, 0) is 60.0 Å². The van der Waals surface area contributed by atoms with Gasteiger partial charge in [-0.15, -0.1) is 24.5 Å². The van der Waals surface area contributed by atoms with Gasteiger partial charge in [0.15, 0.2) is 5.78 Å². The van der Waals surface area contributed by atoms with Gasteiger partial charge < -0.3 is 9.84 Å². The number of ketones is 1. The third-order valence-electron chi connectivity index (χ3n) is 4.02. The fourth-order valence-electron chi connectivity index (χ4n) is 2.61. The van der Waals surface area contributed by atoms with Crippen molar-refractivity contribution >= 4 is 40.3 Å². The van der Waals surface area contributed by atoms with E-state index in [2.05, 4.69) is 4.74 Å². The van der Waals surface area contributed by atoms with Crippen molar-refractivity contribution in [3.63, 3.8) is 0 Å². The lowest BCUT2D eigenvalue weighted by atomic mass is 10.1. The van der Waals surface area contributed by atoms with Gasteiger partial charge in [0, 0.05) is 11.3 Å². The van der Waals surface area contributed by atoms with Gasteiger partial charge in [0.25, 0.3) is 0 Å². The van der Waals surface area contributed by atoms with Crippen molar-refractivity contribution in [3.05, 3.63) is 69.0 Å². The Morgan fingerprint density at radius 2 is 1.69 bits per heavy atom. The molecule has 3 nitrogen and oxygen atoms in total. The Hall–Kier alpha value is -2.22. The van der Waals surface area contributed by atoms with Crippen molar-refractivity contribution in [1.82, 2.24) is 0 Å². The maximum Gasteiger partial charge on any atom is 0.573 e. The van der Waals surface area contributed by atoms with Crippen molar-refractivity contribution in [2.75, 3.05) is 0 Å². The zero-order chi connectivity index (χ0) is 21.2. The van der Waals surface area contributed by atoms with Crippen molar-refractivity contribution in [2.24, 2.45) is 0 Å². The van der Waals surface area contributed by atoms with Gasteiger partial charge in [0.05, 0.1) is 9.90 Å². The van der Waals surface area contributed by atoms with Crippen LogP contribution in [0.2, 0.25) is 10.0 Å². The van der Waals surface area contributed by atoms with Gasteiger partial charge >= 0.3 is 6.36 Å². The van der Waals surface area contributed by atoms with Crippen LogP contribution >= 0.6 is 34.5 Å². The molecule has 1 heterocycles. The number of benzene rings is 2. The minimum Gasteiger partial charge on any atom is -0.506 e. The average molecular weight is 461 g/mol. The zero-order valence-electron chi connectivity index (χ0n) is 14.6. The Morgan fingerprint density at radius 1 is 1.00 bits per heavy atom. The third-order valence-corrected chi connectivity index (χ3v) is 6.10. The molecule has 0 saturated carbocycles. The minimum atomic E-state index is -4.74. The standard InChI is InChI=1S/C20H13Cl2F3O3S/c21-18-12(4-8-15(27)19(18)22)3-7-14(26)17-10-9-16(29-17)11-1-5-13(6-2-11)28-20(23,24)25/h1-2,4-6,8-10,27H,3,7H2. The normalized spacial score (nSPS) is 11.5. The van der Waals surface area contributed by atoms with E-state index in [9.17, 15) is 23.1 Å². The molecule has 0 bridgehead atoms. The first-order chi connectivity index (χ1) is 13.6. The Bertz CT molecular complexity index is 1030. The fourth-order valence-corrected chi connectivity index (χ4v) is 4.03. The summed E-state index contributed by atoms with van der Waals surface area (Å²) in [7, 11) is 0. The summed E-state index contributed by atoms with van der Waals surface area (Å²) < 4.78 is 40.5. The van der Waals surface area contributed by atoms with Crippen LogP contribution in [0.5, 0.6) is 11.5 Å². The second-order valence-electron chi connectivity index (χ2n) is 6.03. The molecule has 0 aliphatic rings. The second kappa shape index (κ2) is 8.65. The highest BCUT2D eigenvalue weighted by Gasteiger charge is 2.31. The van der Waals surface area contributed by atoms with Crippen LogP contribution in [0.25, 0.3) is 10.4 Å². The molecule has 2 aromatic carbocycles. The van der Waals surface area contributed by atoms with Crippen molar-refractivity contribution in [2.45, 2.75) is 19.2 Å². The molecule has 0 amide bonds. The number of Topliss-reactive ketones (excluding diaryl/α,β-unsaturated/α-hetero) is 1. The number of aromatic hydroxyl groups is 1. The number of aryl methyl sites for hydroxylation is 1. The van der Waals surface area contributed by atoms with E-state index in [4.69, 9.17) is 23.2 Å². The molecule has 29 heavy (non-hydrogen) atoms. The third kappa shape index (κ3) is 5.44. The number of hydrogen-bond acceptors (Lipinski definition) is 4. The second-order valence-corrected chi connectivity index (χ2v) is 7.87. The summed E-state index contributed by atoms with van der Waals surface area (Å²) in [5.74, 6) is -0.529. The lowest BCUT2D eigenvalue weighted by Gasteiger charge is -2.08. The van der Waals surface area contributed by atoms with Gasteiger partial charge in [0.2, 0.25) is 0 Å². The Kier molecular flexibility index (Phi) is 6.41. The summed E-state index contributed by atoms with van der Waals surface area (Å²) in [5.41, 5.74) is 1.33. The number of carbonyl (C=O) groups excluding carboxylic acids is 1. The van der Waals surface area contributed by atoms with E-state index in [1.807, 2.05) is 0 Å². The molecule has 0 fully saturated rings. The molecule has 152 valence electrons. The first-order valence-electron chi connectivity index (χ1n) is 8.29. The molecular weight excluding hydrogens is 448 g/mol. The highest BCUT2D eigenvalue weighted by molar-refractivity contribution is 7.17. The number of thiophene rings is 1. The van der Waals surface area contributed by atoms with Crippen LogP contribution in [0.4, 0.5) is 13.2 Å². The molecule has 3 rings (SSSR count). The largest absolute Gasteiger partial charge is 0.573 e. The molecule has 0 saturated heterocycles. The van der Waals surface area contributed by atoms with Crippen LogP contribution in [-0.4, -0.2) is 17.3 Å². The van der Waals surface area contributed by atoms with Crippen LogP contribution in [0.1, 0.15) is 21.7 Å². The van der Waals surface area contributed by atoms with E-state index in [0.29, 0.717) is 22.4 Å². The van der Waals surface area contributed by atoms with Crippen LogP contribution in [0.15, 0.2) is 48.5 Å². The van der Waals surface area contributed by atoms with Crippen LogP contribution < -0.4 is 4.74 Å². The number of hydrogen-bond donors (Lipinski definition) is 1. The quantitative estimate of drug-likeness (QED) is 0.397. The van der Waals surface area contributed by atoms with Crippen molar-refractivity contribution in [1.29, 1.82) is 0 Å². The molecule has 1 N–H and O–H groups in total. The van der Waals surface area contributed by atoms with Gasteiger partial charge in [-0.1, -0.05) is 29.3 Å². The van der Waals surface area contributed by atoms with E-state index in [1.165, 1.54) is 41.7 Å². The van der Waals surface area contributed by atoms with E-state index in [-0.39, 0.29) is 33.7 Å². The smallest absolute Gasteiger partial charge is 0.506 e. The van der Waals surface area contributed by atoms with E-state index < -0.39 is 6.36 Å². The van der Waals surface area contributed by atoms with Gasteiger partial charge in [-0.25, -0.2) is 0 Å². The number of carbonyl (C=O) groups is 1. The number of ether oxygens (including phenoxy) is 1. The van der Waals surface area contributed by atoms with Crippen molar-refractivity contribution in [3.8, 4) is 21.9 Å². The first-order valence-corrected chi connectivity index (χ1v) is 9.86. The number of alkyl halides is 3. The summed E-state index contributed by atoms with van der Waals surface area (Å²) in [6, 6.07) is 11.9. The Balaban J connectivity index is 1.66. The number of phenols is 1. The van der Waals surface area contributed by atoms with Crippen LogP contribution in [0.3, 0.4) is 0 Å². The predicted octanol–water partition coefficient (Wildman–Crippen LogP) is 7.14. The molecule has 0 aliphatic heterocycles. The van der Waals surface area contributed by atoms with E-state index in [0.717, 1.165) is 4.88 Å². The zero-order valence-corrected chi connectivity index (χ0v) is 16.9. The molecule has 0 spiro atoms. The number of phenolic OH excluding ortho intramolecular Hbond substituents is 1. The molecule has 0 aliphatic carbocycles. The van der Waals surface area contributed by atoms with Gasteiger partial charge in [-0.3, -0.25) is 4.79 Å². The first kappa shape index (κ1) is 21.5. The molecular formula is C20H13Cl2F3O3S. The molecule has 0 unspecified atom stereocenters. The maximum atomic E-state index is 12.5. The summed E-state index contributed by atoms with van der Waals surface area (Å²) in [6.07, 6.45) is -4.19. The molecule has 0 radical (unpaired) electrons. The maximum absolute atomic E-state index is 12.5. The summed E-state index contributed by atoms with van der Waals surface area (Å²) >= 11 is 13.2. The highest BCUT2D eigenvalue weighted by Crippen LogP contribution is 2.35. The Morgan fingerprint density at radius 3 is 2.34 bits per heavy atom. The predicted molar refractivity (Wildman–Crippen MR) is 107 cm³/mol. The van der Waals surface area contributed by atoms with E-state index in [1.54, 1.807) is 18.2 Å². The van der Waals surface area contributed by atoms with Crippen molar-refractivity contribution < 1.29 is 27.8 Å². The van der Waals surface area contributed by atoms with Gasteiger partial charge in [-0.2, -0.15) is 0 Å². The molecule has 9 heteroatoms. The molecule has 1 aromatic heterocycles. The molecule has 0 atom stereocenters. The van der Waals surface area contributed by atoms with Crippen LogP contribution in [-0.2, 0) is 6.42 Å². The summed E-state index contributed by atoms with van der Waals surface area (Å²) in [6.45, 7) is 0. The minimum absolute atomic E-state index is 0.0491. The van der Waals surface area contributed by atoms with Crippen LogP contribution in [0, 0.1) is 0 Å². The monoisotopic (exact) mass is 460 g/mol. The van der Waals surface area contributed by atoms with E-state index >= 15 is 0 Å². The lowest BCUT2D eigenvalue weighted by molar-refractivity contribution is -0.274. The number of halogens is 5. The Labute approximate surface area is 178 Å². The lowest BCUT2D eigenvalue weighted by Crippen LogP contribution is -2.16. The summed E-state index contributed by atoms with van der Waals surface area (Å²) in [5, 5.41) is 9.78. The topological polar surface area (TPSA) is 46.5 Å². The molecule has 3 aromatic rings. The SMILES string of the molecule is O=C(CCc1ccc(O)c(Cl)c1Cl)c1ccc(-c2ccc(OC(F)(F)F)cc2)s1. The summed E-state index contributed by atoms with van der Waals surface area (Å²) in [4.78, 5) is 13.7.